The molecule has 192 valence electrons. The fraction of sp³-hybridized carbons (Fsp3) is 0.667. The molecule has 3 fully saturated rings. The van der Waals surface area contributed by atoms with E-state index in [2.05, 4.69) is 10.6 Å². The van der Waals surface area contributed by atoms with Crippen LogP contribution in [0.1, 0.15) is 59.9 Å². The van der Waals surface area contributed by atoms with Crippen molar-refractivity contribution in [3.8, 4) is 0 Å². The predicted molar refractivity (Wildman–Crippen MR) is 131 cm³/mol. The van der Waals surface area contributed by atoms with E-state index in [1.807, 2.05) is 71.9 Å². The number of hydrogen-bond acceptors (Lipinski definition) is 5. The molecule has 35 heavy (non-hydrogen) atoms. The number of aliphatic hydroxyl groups excluding tert-OH is 1. The van der Waals surface area contributed by atoms with E-state index in [0.29, 0.717) is 19.4 Å². The first kappa shape index (κ1) is 25.6. The summed E-state index contributed by atoms with van der Waals surface area (Å²) in [7, 11) is 0. The van der Waals surface area contributed by atoms with Crippen LogP contribution >= 0.6 is 0 Å². The van der Waals surface area contributed by atoms with Crippen LogP contribution in [0.5, 0.6) is 0 Å². The molecule has 0 aliphatic carbocycles. The van der Waals surface area contributed by atoms with Crippen molar-refractivity contribution < 1.29 is 24.2 Å². The molecule has 3 N–H and O–H groups in total. The average Bonchev–Trinajstić information content (AvgIpc) is 3.30. The molecule has 3 saturated heterocycles. The Labute approximate surface area is 207 Å². The molecule has 1 aromatic carbocycles. The van der Waals surface area contributed by atoms with Gasteiger partial charge in [0.05, 0.1) is 30.1 Å². The van der Waals surface area contributed by atoms with E-state index >= 15 is 0 Å². The second-order valence-corrected chi connectivity index (χ2v) is 11.6. The van der Waals surface area contributed by atoms with Crippen LogP contribution in [-0.4, -0.2) is 63.2 Å². The Hall–Kier alpha value is -2.45. The van der Waals surface area contributed by atoms with Crippen LogP contribution < -0.4 is 10.6 Å². The molecule has 4 rings (SSSR count). The van der Waals surface area contributed by atoms with Gasteiger partial charge < -0.3 is 25.4 Å². The van der Waals surface area contributed by atoms with Gasteiger partial charge in [-0.15, -0.1) is 0 Å². The van der Waals surface area contributed by atoms with E-state index in [1.165, 1.54) is 4.90 Å². The van der Waals surface area contributed by atoms with Gasteiger partial charge in [0.25, 0.3) is 0 Å². The maximum absolute atomic E-state index is 14.0. The number of likely N-dealkylation sites (tertiary alicyclic amines) is 1. The molecule has 0 aromatic heterocycles. The zero-order chi connectivity index (χ0) is 25.8. The normalized spacial score (nSPS) is 34.6. The number of carbonyl (C=O) groups excluding carboxylic acids is 3. The van der Waals surface area contributed by atoms with Crippen molar-refractivity contribution >= 4 is 17.7 Å². The number of hydrogen-bond donors (Lipinski definition) is 3. The molecule has 1 spiro atoms. The van der Waals surface area contributed by atoms with Crippen LogP contribution in [0.2, 0.25) is 0 Å². The molecule has 3 aliphatic rings. The van der Waals surface area contributed by atoms with Gasteiger partial charge >= 0.3 is 0 Å². The van der Waals surface area contributed by atoms with Gasteiger partial charge in [0.15, 0.2) is 0 Å². The third kappa shape index (κ3) is 4.04. The molecule has 3 heterocycles. The summed E-state index contributed by atoms with van der Waals surface area (Å²) in [5, 5.41) is 16.2. The van der Waals surface area contributed by atoms with Gasteiger partial charge in [-0.05, 0) is 52.0 Å². The summed E-state index contributed by atoms with van der Waals surface area (Å²) in [6.45, 7) is 11.6. The van der Waals surface area contributed by atoms with Crippen LogP contribution in [0.4, 0.5) is 0 Å². The SMILES string of the molecule is CC[C@@H](CO)N1C(=O)[C@@H]2[C@H](C(=O)NCc3ccccc3)[C@@]3(C)OC2(CC3C)C1C(=O)NC(C)(C)C. The number of fused-ring (bicyclic) bond motifs is 1. The highest BCUT2D eigenvalue weighted by Gasteiger charge is 2.80. The lowest BCUT2D eigenvalue weighted by atomic mass is 9.62. The minimum absolute atomic E-state index is 0.0295. The number of benzene rings is 1. The van der Waals surface area contributed by atoms with E-state index in [9.17, 15) is 19.5 Å². The standard InChI is InChI=1S/C27H39N3O5/c1-7-18(15-31)30-21(23(33)29-25(3,4)5)27-13-16(2)26(6,35-27)19(20(27)24(30)34)22(32)28-14-17-11-9-8-10-12-17/h8-12,16,18-21,31H,7,13-15H2,1-6H3,(H,28,32)(H,29,33)/t16?,18-,19+,20-,21?,26-,27?/m0/s1. The summed E-state index contributed by atoms with van der Waals surface area (Å²) < 4.78 is 6.69. The molecule has 3 unspecified atom stereocenters. The number of nitrogens with one attached hydrogen (secondary N) is 2. The van der Waals surface area contributed by atoms with E-state index in [4.69, 9.17) is 4.74 Å². The predicted octanol–water partition coefficient (Wildman–Crippen LogP) is 2.00. The van der Waals surface area contributed by atoms with E-state index in [1.54, 1.807) is 0 Å². The molecule has 7 atom stereocenters. The summed E-state index contributed by atoms with van der Waals surface area (Å²) in [5.41, 5.74) is -1.53. The molecular weight excluding hydrogens is 446 g/mol. The monoisotopic (exact) mass is 485 g/mol. The quantitative estimate of drug-likeness (QED) is 0.548. The Morgan fingerprint density at radius 2 is 1.89 bits per heavy atom. The lowest BCUT2D eigenvalue weighted by Gasteiger charge is -2.38. The van der Waals surface area contributed by atoms with Gasteiger partial charge in [0, 0.05) is 12.1 Å². The van der Waals surface area contributed by atoms with E-state index in [-0.39, 0.29) is 30.2 Å². The van der Waals surface area contributed by atoms with Gasteiger partial charge in [-0.25, -0.2) is 0 Å². The van der Waals surface area contributed by atoms with Gasteiger partial charge in [0.2, 0.25) is 17.7 Å². The summed E-state index contributed by atoms with van der Waals surface area (Å²) in [6.07, 6.45) is 0.991. The number of aliphatic hydroxyl groups is 1. The van der Waals surface area contributed by atoms with Crippen molar-refractivity contribution in [2.24, 2.45) is 17.8 Å². The average molecular weight is 486 g/mol. The van der Waals surface area contributed by atoms with Crippen LogP contribution in [0.15, 0.2) is 30.3 Å². The number of nitrogens with zero attached hydrogens (tertiary/aromatic N) is 1. The Bertz CT molecular complexity index is 988. The van der Waals surface area contributed by atoms with Crippen LogP contribution in [0.25, 0.3) is 0 Å². The maximum Gasteiger partial charge on any atom is 0.246 e. The van der Waals surface area contributed by atoms with Crippen molar-refractivity contribution in [2.45, 2.75) is 89.8 Å². The highest BCUT2D eigenvalue weighted by molar-refractivity contribution is 5.99. The fourth-order valence-electron chi connectivity index (χ4n) is 6.52. The second-order valence-electron chi connectivity index (χ2n) is 11.6. The first-order valence-electron chi connectivity index (χ1n) is 12.7. The number of ether oxygens (including phenoxy) is 1. The summed E-state index contributed by atoms with van der Waals surface area (Å²) >= 11 is 0. The zero-order valence-corrected chi connectivity index (χ0v) is 21.6. The zero-order valence-electron chi connectivity index (χ0n) is 21.6. The van der Waals surface area contributed by atoms with Crippen LogP contribution in [0, 0.1) is 17.8 Å². The Morgan fingerprint density at radius 1 is 1.23 bits per heavy atom. The molecule has 8 nitrogen and oxygen atoms in total. The molecular formula is C27H39N3O5. The summed E-state index contributed by atoms with van der Waals surface area (Å²) in [4.78, 5) is 42.9. The van der Waals surface area contributed by atoms with Crippen LogP contribution in [-0.2, 0) is 25.7 Å². The van der Waals surface area contributed by atoms with Gasteiger partial charge in [-0.1, -0.05) is 44.2 Å². The van der Waals surface area contributed by atoms with Gasteiger partial charge in [-0.2, -0.15) is 0 Å². The minimum atomic E-state index is -1.11. The molecule has 3 amide bonds. The largest absolute Gasteiger partial charge is 0.394 e. The fourth-order valence-corrected chi connectivity index (χ4v) is 6.52. The maximum atomic E-state index is 14.0. The Balaban J connectivity index is 1.73. The molecule has 1 aromatic rings. The first-order chi connectivity index (χ1) is 16.4. The molecule has 0 radical (unpaired) electrons. The molecule has 2 bridgehead atoms. The van der Waals surface area contributed by atoms with Crippen molar-refractivity contribution in [2.75, 3.05) is 6.61 Å². The number of carbonyl (C=O) groups is 3. The number of rotatable bonds is 7. The summed E-state index contributed by atoms with van der Waals surface area (Å²) in [6, 6.07) is 8.18. The number of amides is 3. The third-order valence-corrected chi connectivity index (χ3v) is 8.17. The smallest absolute Gasteiger partial charge is 0.246 e. The van der Waals surface area contributed by atoms with Gasteiger partial charge in [-0.3, -0.25) is 14.4 Å². The highest BCUT2D eigenvalue weighted by atomic mass is 16.5. The van der Waals surface area contributed by atoms with Crippen molar-refractivity contribution in [1.82, 2.24) is 15.5 Å². The lowest BCUT2D eigenvalue weighted by Crippen LogP contribution is -2.60. The van der Waals surface area contributed by atoms with Crippen molar-refractivity contribution in [3.05, 3.63) is 35.9 Å². The first-order valence-corrected chi connectivity index (χ1v) is 12.7. The minimum Gasteiger partial charge on any atom is -0.394 e. The topological polar surface area (TPSA) is 108 Å². The third-order valence-electron chi connectivity index (χ3n) is 8.17. The van der Waals surface area contributed by atoms with Crippen molar-refractivity contribution in [3.63, 3.8) is 0 Å². The van der Waals surface area contributed by atoms with Crippen LogP contribution in [0.3, 0.4) is 0 Å². The summed E-state index contributed by atoms with van der Waals surface area (Å²) in [5.74, 6) is -2.36. The highest BCUT2D eigenvalue weighted by Crippen LogP contribution is 2.65. The Morgan fingerprint density at radius 3 is 2.46 bits per heavy atom. The van der Waals surface area contributed by atoms with E-state index in [0.717, 1.165) is 5.56 Å². The molecule has 0 saturated carbocycles. The molecule has 8 heteroatoms. The Kier molecular flexibility index (Phi) is 6.51. The van der Waals surface area contributed by atoms with E-state index < -0.39 is 40.7 Å². The van der Waals surface area contributed by atoms with Crippen molar-refractivity contribution in [1.29, 1.82) is 0 Å². The molecule has 3 aliphatic heterocycles. The lowest BCUT2D eigenvalue weighted by molar-refractivity contribution is -0.151. The second kappa shape index (κ2) is 8.89. The van der Waals surface area contributed by atoms with Gasteiger partial charge in [0.1, 0.15) is 11.6 Å².